The van der Waals surface area contributed by atoms with Gasteiger partial charge in [0, 0.05) is 0 Å². The molecule has 0 spiro atoms. The Morgan fingerprint density at radius 3 is 2.85 bits per heavy atom. The molecule has 0 saturated heterocycles. The molecule has 0 aliphatic carbocycles. The molecular formula is C7H6ClN5. The molecule has 0 amide bonds. The normalized spacial score (nSPS) is 10.6. The van der Waals surface area contributed by atoms with Crippen LogP contribution in [-0.4, -0.2) is 20.2 Å². The van der Waals surface area contributed by atoms with E-state index >= 15 is 0 Å². The quantitative estimate of drug-likeness (QED) is 0.634. The molecule has 2 heterocycles. The number of halogens is 1. The smallest absolute Gasteiger partial charge is 0.223 e. The molecule has 0 unspecified atom stereocenters. The summed E-state index contributed by atoms with van der Waals surface area (Å²) in [6, 6.07) is 1.77. The van der Waals surface area contributed by atoms with Gasteiger partial charge >= 0.3 is 0 Å². The molecule has 0 radical (unpaired) electrons. The van der Waals surface area contributed by atoms with Gasteiger partial charge in [0.1, 0.15) is 5.15 Å². The van der Waals surface area contributed by atoms with Crippen molar-refractivity contribution < 1.29 is 0 Å². The van der Waals surface area contributed by atoms with Crippen LogP contribution < -0.4 is 5.73 Å². The Labute approximate surface area is 79.0 Å². The van der Waals surface area contributed by atoms with Crippen LogP contribution in [0.3, 0.4) is 0 Å². The third kappa shape index (κ3) is 1.38. The van der Waals surface area contributed by atoms with Gasteiger partial charge in [-0.25, -0.2) is 4.98 Å². The summed E-state index contributed by atoms with van der Waals surface area (Å²) in [7, 11) is 0. The molecule has 5 nitrogen and oxygen atoms in total. The highest BCUT2D eigenvalue weighted by Gasteiger charge is 2.05. The van der Waals surface area contributed by atoms with Crippen molar-refractivity contribution in [2.24, 2.45) is 0 Å². The molecule has 0 aromatic carbocycles. The summed E-state index contributed by atoms with van der Waals surface area (Å²) in [6.07, 6.45) is 0. The molecule has 0 bridgehead atoms. The summed E-state index contributed by atoms with van der Waals surface area (Å²) in [5.74, 6) is 0.107. The van der Waals surface area contributed by atoms with Gasteiger partial charge in [0.25, 0.3) is 0 Å². The minimum Gasteiger partial charge on any atom is -0.368 e. The number of hydrogen-bond donors (Lipinski definition) is 1. The Hall–Kier alpha value is -1.49. The van der Waals surface area contributed by atoms with E-state index in [1.165, 1.54) is 0 Å². The fourth-order valence-corrected chi connectivity index (χ4v) is 1.24. The monoisotopic (exact) mass is 195 g/mol. The molecule has 0 saturated carbocycles. The molecular weight excluding hydrogens is 190 g/mol. The molecule has 2 aromatic rings. The highest BCUT2D eigenvalue weighted by Crippen LogP contribution is 2.18. The van der Waals surface area contributed by atoms with Gasteiger partial charge in [-0.15, -0.1) is 5.10 Å². The second-order valence-electron chi connectivity index (χ2n) is 2.60. The van der Waals surface area contributed by atoms with Crippen LogP contribution in [0.4, 0.5) is 5.95 Å². The lowest BCUT2D eigenvalue weighted by Crippen LogP contribution is -1.98. The van der Waals surface area contributed by atoms with Gasteiger partial charge in [-0.1, -0.05) is 11.6 Å². The molecule has 0 atom stereocenters. The third-order valence-corrected chi connectivity index (χ3v) is 1.84. The maximum absolute atomic E-state index is 5.84. The molecule has 0 fully saturated rings. The van der Waals surface area contributed by atoms with E-state index < -0.39 is 0 Å². The number of anilines is 1. The molecule has 2 N–H and O–H groups in total. The largest absolute Gasteiger partial charge is 0.368 e. The van der Waals surface area contributed by atoms with Crippen LogP contribution >= 0.6 is 11.6 Å². The van der Waals surface area contributed by atoms with Crippen molar-refractivity contribution in [1.29, 1.82) is 0 Å². The van der Waals surface area contributed by atoms with Gasteiger partial charge in [-0.2, -0.15) is 10.1 Å². The maximum atomic E-state index is 5.84. The Balaban J connectivity index is 2.87. The summed E-state index contributed by atoms with van der Waals surface area (Å²) in [4.78, 5) is 7.69. The Bertz CT molecular complexity index is 470. The van der Waals surface area contributed by atoms with Crippen LogP contribution in [-0.2, 0) is 0 Å². The van der Waals surface area contributed by atoms with E-state index in [9.17, 15) is 0 Å². The van der Waals surface area contributed by atoms with E-state index in [0.717, 1.165) is 5.69 Å². The summed E-state index contributed by atoms with van der Waals surface area (Å²) in [6.45, 7) is 1.82. The second-order valence-corrected chi connectivity index (χ2v) is 2.95. The summed E-state index contributed by atoms with van der Waals surface area (Å²) in [5.41, 5.74) is 6.57. The topological polar surface area (TPSA) is 77.6 Å². The number of nitrogens with two attached hydrogens (primary N) is 1. The summed E-state index contributed by atoms with van der Waals surface area (Å²) < 4.78 is 0. The van der Waals surface area contributed by atoms with Crippen molar-refractivity contribution in [3.05, 3.63) is 16.9 Å². The zero-order valence-corrected chi connectivity index (χ0v) is 7.58. The number of nitrogen functional groups attached to an aromatic ring is 1. The third-order valence-electron chi connectivity index (χ3n) is 1.55. The Morgan fingerprint density at radius 1 is 1.31 bits per heavy atom. The highest BCUT2D eigenvalue weighted by molar-refractivity contribution is 6.34. The van der Waals surface area contributed by atoms with Gasteiger partial charge in [0.15, 0.2) is 5.65 Å². The first kappa shape index (κ1) is 8.12. The van der Waals surface area contributed by atoms with Gasteiger partial charge in [-0.05, 0) is 13.0 Å². The number of fused-ring (bicyclic) bond motifs is 1. The van der Waals surface area contributed by atoms with E-state index in [2.05, 4.69) is 20.2 Å². The predicted octanol–water partition coefficient (Wildman–Crippen LogP) is 0.964. The van der Waals surface area contributed by atoms with Crippen LogP contribution in [0.2, 0.25) is 5.15 Å². The van der Waals surface area contributed by atoms with Crippen molar-refractivity contribution in [1.82, 2.24) is 20.2 Å². The lowest BCUT2D eigenvalue weighted by Gasteiger charge is -1.99. The van der Waals surface area contributed by atoms with Gasteiger partial charge < -0.3 is 5.73 Å². The van der Waals surface area contributed by atoms with Crippen LogP contribution in [0.15, 0.2) is 6.07 Å². The summed E-state index contributed by atoms with van der Waals surface area (Å²) in [5, 5.41) is 8.65. The average Bonchev–Trinajstić information content (AvgIpc) is 2.06. The highest BCUT2D eigenvalue weighted by atomic mass is 35.5. The molecule has 0 aliphatic rings. The zero-order chi connectivity index (χ0) is 9.42. The fourth-order valence-electron chi connectivity index (χ4n) is 1.01. The zero-order valence-electron chi connectivity index (χ0n) is 6.82. The maximum Gasteiger partial charge on any atom is 0.223 e. The van der Waals surface area contributed by atoms with Crippen molar-refractivity contribution in [3.63, 3.8) is 0 Å². The van der Waals surface area contributed by atoms with Crippen LogP contribution in [0.5, 0.6) is 0 Å². The number of hydrogen-bond acceptors (Lipinski definition) is 5. The van der Waals surface area contributed by atoms with Crippen LogP contribution in [0, 0.1) is 6.92 Å². The van der Waals surface area contributed by atoms with Crippen LogP contribution in [0.25, 0.3) is 11.0 Å². The first-order valence-corrected chi connectivity index (χ1v) is 3.97. The standard InChI is InChI=1S/C7H6ClN5/c1-3-2-4-5(8)10-7(9)11-6(4)13-12-3/h2H,1H3,(H2,9,10,11,13). The number of aromatic nitrogens is 4. The predicted molar refractivity (Wildman–Crippen MR) is 49.3 cm³/mol. The lowest BCUT2D eigenvalue weighted by molar-refractivity contribution is 0.995. The van der Waals surface area contributed by atoms with E-state index in [-0.39, 0.29) is 5.95 Å². The minimum atomic E-state index is 0.107. The van der Waals surface area contributed by atoms with Crippen molar-refractivity contribution in [2.45, 2.75) is 6.92 Å². The van der Waals surface area contributed by atoms with Gasteiger partial charge in [-0.3, -0.25) is 0 Å². The van der Waals surface area contributed by atoms with Gasteiger partial charge in [0.2, 0.25) is 5.95 Å². The van der Waals surface area contributed by atoms with Crippen molar-refractivity contribution in [2.75, 3.05) is 5.73 Å². The van der Waals surface area contributed by atoms with E-state index in [0.29, 0.717) is 16.2 Å². The molecule has 2 rings (SSSR count). The molecule has 2 aromatic heterocycles. The lowest BCUT2D eigenvalue weighted by atomic mass is 10.3. The minimum absolute atomic E-state index is 0.107. The molecule has 0 aliphatic heterocycles. The van der Waals surface area contributed by atoms with Crippen molar-refractivity contribution in [3.8, 4) is 0 Å². The van der Waals surface area contributed by atoms with Crippen molar-refractivity contribution >= 4 is 28.6 Å². The molecule has 66 valence electrons. The SMILES string of the molecule is Cc1cc2c(Cl)nc(N)nc2nn1. The summed E-state index contributed by atoms with van der Waals surface area (Å²) >= 11 is 5.84. The average molecular weight is 196 g/mol. The first-order valence-electron chi connectivity index (χ1n) is 3.60. The Kier molecular flexibility index (Phi) is 1.73. The van der Waals surface area contributed by atoms with E-state index in [1.807, 2.05) is 6.92 Å². The number of nitrogens with zero attached hydrogens (tertiary/aromatic N) is 4. The molecule has 6 heteroatoms. The second kappa shape index (κ2) is 2.77. The Morgan fingerprint density at radius 2 is 2.08 bits per heavy atom. The first-order chi connectivity index (χ1) is 6.16. The number of rotatable bonds is 0. The van der Waals surface area contributed by atoms with E-state index in [4.69, 9.17) is 17.3 Å². The van der Waals surface area contributed by atoms with Crippen LogP contribution in [0.1, 0.15) is 5.69 Å². The van der Waals surface area contributed by atoms with Gasteiger partial charge in [0.05, 0.1) is 11.1 Å². The molecule has 13 heavy (non-hydrogen) atoms. The number of aryl methyl sites for hydroxylation is 1. The van der Waals surface area contributed by atoms with E-state index in [1.54, 1.807) is 6.07 Å². The fraction of sp³-hybridized carbons (Fsp3) is 0.143.